The maximum atomic E-state index is 14.9. The number of alkyl carbamates (subject to hydrolysis) is 1. The first-order valence-electron chi connectivity index (χ1n) is 14.0. The van der Waals surface area contributed by atoms with E-state index in [1.807, 2.05) is 40.7 Å². The number of hydrogen-bond donors (Lipinski definition) is 1. The number of aryl methyl sites for hydroxylation is 1. The molecule has 222 valence electrons. The average molecular weight is 559 g/mol. The molecule has 0 radical (unpaired) electrons. The van der Waals surface area contributed by atoms with E-state index in [2.05, 4.69) is 5.32 Å². The van der Waals surface area contributed by atoms with E-state index in [1.165, 1.54) is 6.07 Å². The molecule has 0 fully saturated rings. The molecule has 2 aromatic carbocycles. The lowest BCUT2D eigenvalue weighted by Gasteiger charge is -2.36. The van der Waals surface area contributed by atoms with Gasteiger partial charge in [0.1, 0.15) is 17.2 Å². The van der Waals surface area contributed by atoms with Gasteiger partial charge in [-0.1, -0.05) is 31.5 Å². The van der Waals surface area contributed by atoms with Gasteiger partial charge in [-0.05, 0) is 78.6 Å². The van der Waals surface area contributed by atoms with E-state index >= 15 is 0 Å². The molecule has 8 heteroatoms. The van der Waals surface area contributed by atoms with Gasteiger partial charge in [0.05, 0.1) is 12.1 Å². The van der Waals surface area contributed by atoms with Gasteiger partial charge in [-0.15, -0.1) is 0 Å². The molecule has 7 nitrogen and oxygen atoms in total. The molecule has 0 saturated heterocycles. The number of benzene rings is 2. The van der Waals surface area contributed by atoms with Crippen LogP contribution in [0.3, 0.4) is 0 Å². The van der Waals surface area contributed by atoms with Crippen LogP contribution in [0.25, 0.3) is 11.1 Å². The molecule has 0 unspecified atom stereocenters. The Morgan fingerprint density at radius 1 is 1.02 bits per heavy atom. The van der Waals surface area contributed by atoms with Gasteiger partial charge in [0.2, 0.25) is 0 Å². The topological polar surface area (TPSA) is 77.1 Å². The van der Waals surface area contributed by atoms with Crippen LogP contribution in [0.5, 0.6) is 5.75 Å². The second-order valence-corrected chi connectivity index (χ2v) is 12.0. The van der Waals surface area contributed by atoms with Crippen LogP contribution >= 0.6 is 0 Å². The molecule has 0 spiro atoms. The zero-order valence-corrected chi connectivity index (χ0v) is 25.7. The molecule has 40 heavy (non-hydrogen) atoms. The van der Waals surface area contributed by atoms with E-state index in [1.54, 1.807) is 57.0 Å². The standard InChI is InChI=1S/C32H47FN2O5/c1-10-14-23-19-26(24-15-11-12-16-27(24)33)28(39-18-13-17-38-9)20-25(23)29(36)35(22(2)3)21-32(7,8)34-30(37)40-31(4,5)6/h11-12,15-16,19-20,22H,10,13-14,17-18,21H2,1-9H3,(H,34,37). The van der Waals surface area contributed by atoms with Crippen LogP contribution in [0.1, 0.15) is 84.2 Å². The number of hydrogen-bond acceptors (Lipinski definition) is 5. The third-order valence-electron chi connectivity index (χ3n) is 6.16. The summed E-state index contributed by atoms with van der Waals surface area (Å²) in [6.45, 7) is 16.2. The summed E-state index contributed by atoms with van der Waals surface area (Å²) in [5.41, 5.74) is 0.953. The number of amides is 2. The number of methoxy groups -OCH3 is 1. The fraction of sp³-hybridized carbons (Fsp3) is 0.562. The van der Waals surface area contributed by atoms with Crippen LogP contribution in [-0.4, -0.2) is 61.0 Å². The van der Waals surface area contributed by atoms with Crippen molar-refractivity contribution in [3.8, 4) is 16.9 Å². The largest absolute Gasteiger partial charge is 0.493 e. The highest BCUT2D eigenvalue weighted by Crippen LogP contribution is 2.36. The third kappa shape index (κ3) is 9.81. The van der Waals surface area contributed by atoms with Crippen molar-refractivity contribution in [2.45, 2.75) is 91.8 Å². The minimum absolute atomic E-state index is 0.154. The molecule has 2 amide bonds. The molecule has 0 heterocycles. The molecule has 0 aliphatic rings. The Hall–Kier alpha value is -3.13. The van der Waals surface area contributed by atoms with Crippen LogP contribution in [0.15, 0.2) is 36.4 Å². The summed E-state index contributed by atoms with van der Waals surface area (Å²) in [6, 6.07) is 10.0. The van der Waals surface area contributed by atoms with Crippen LogP contribution in [0.2, 0.25) is 0 Å². The van der Waals surface area contributed by atoms with Gasteiger partial charge in [-0.3, -0.25) is 4.79 Å². The number of halogens is 1. The van der Waals surface area contributed by atoms with Crippen molar-refractivity contribution < 1.29 is 28.2 Å². The van der Waals surface area contributed by atoms with Gasteiger partial charge in [0, 0.05) is 49.4 Å². The monoisotopic (exact) mass is 558 g/mol. The molecule has 0 aromatic heterocycles. The summed E-state index contributed by atoms with van der Waals surface area (Å²) in [5.74, 6) is -0.0943. The fourth-order valence-electron chi connectivity index (χ4n) is 4.38. The van der Waals surface area contributed by atoms with Crippen molar-refractivity contribution in [2.75, 3.05) is 26.9 Å². The number of carbonyl (C=O) groups is 2. The Morgan fingerprint density at radius 2 is 1.70 bits per heavy atom. The lowest BCUT2D eigenvalue weighted by molar-refractivity contribution is 0.0414. The number of nitrogens with zero attached hydrogens (tertiary/aromatic N) is 1. The second-order valence-electron chi connectivity index (χ2n) is 12.0. The minimum Gasteiger partial charge on any atom is -0.493 e. The van der Waals surface area contributed by atoms with E-state index in [0.29, 0.717) is 48.5 Å². The SMILES string of the molecule is CCCc1cc(-c2ccccc2F)c(OCCCOC)cc1C(=O)N(CC(C)(C)NC(=O)OC(C)(C)C)C(C)C. The van der Waals surface area contributed by atoms with Crippen molar-refractivity contribution in [3.05, 3.63) is 53.3 Å². The van der Waals surface area contributed by atoms with E-state index < -0.39 is 17.2 Å². The maximum Gasteiger partial charge on any atom is 0.408 e. The second kappa shape index (κ2) is 14.5. The van der Waals surface area contributed by atoms with E-state index in [9.17, 15) is 14.0 Å². The van der Waals surface area contributed by atoms with Crippen molar-refractivity contribution >= 4 is 12.0 Å². The van der Waals surface area contributed by atoms with Crippen LogP contribution < -0.4 is 10.1 Å². The lowest BCUT2D eigenvalue weighted by atomic mass is 9.93. The Balaban J connectivity index is 2.52. The Morgan fingerprint density at radius 3 is 2.27 bits per heavy atom. The average Bonchev–Trinajstić information content (AvgIpc) is 2.84. The number of nitrogens with one attached hydrogen (secondary N) is 1. The summed E-state index contributed by atoms with van der Waals surface area (Å²) in [6.07, 6.45) is 1.55. The Labute approximate surface area is 239 Å². The third-order valence-corrected chi connectivity index (χ3v) is 6.16. The summed E-state index contributed by atoms with van der Waals surface area (Å²) >= 11 is 0. The molecule has 0 aliphatic heterocycles. The van der Waals surface area contributed by atoms with Gasteiger partial charge in [-0.2, -0.15) is 0 Å². The normalized spacial score (nSPS) is 11.9. The highest BCUT2D eigenvalue weighted by molar-refractivity contribution is 5.97. The van der Waals surface area contributed by atoms with Crippen LogP contribution in [0.4, 0.5) is 9.18 Å². The lowest BCUT2D eigenvalue weighted by Crippen LogP contribution is -2.55. The molecule has 0 bridgehead atoms. The zero-order valence-electron chi connectivity index (χ0n) is 25.7. The quantitative estimate of drug-likeness (QED) is 0.268. The Kier molecular flexibility index (Phi) is 12.0. The van der Waals surface area contributed by atoms with Gasteiger partial charge in [0.25, 0.3) is 5.91 Å². The zero-order chi connectivity index (χ0) is 30.1. The van der Waals surface area contributed by atoms with Crippen molar-refractivity contribution in [1.29, 1.82) is 0 Å². The minimum atomic E-state index is -0.764. The molecule has 0 aliphatic carbocycles. The Bertz CT molecular complexity index is 1140. The number of rotatable bonds is 13. The van der Waals surface area contributed by atoms with Crippen LogP contribution in [-0.2, 0) is 15.9 Å². The number of carbonyl (C=O) groups excluding carboxylic acids is 2. The molecule has 0 saturated carbocycles. The van der Waals surface area contributed by atoms with E-state index in [0.717, 1.165) is 12.0 Å². The number of ether oxygens (including phenoxy) is 3. The molecule has 2 rings (SSSR count). The highest BCUT2D eigenvalue weighted by Gasteiger charge is 2.32. The predicted octanol–water partition coefficient (Wildman–Crippen LogP) is 7.01. The summed E-state index contributed by atoms with van der Waals surface area (Å²) in [5, 5.41) is 2.90. The van der Waals surface area contributed by atoms with Gasteiger partial charge in [-0.25, -0.2) is 9.18 Å². The van der Waals surface area contributed by atoms with Crippen LogP contribution in [0, 0.1) is 5.82 Å². The van der Waals surface area contributed by atoms with Crippen molar-refractivity contribution in [3.63, 3.8) is 0 Å². The fourth-order valence-corrected chi connectivity index (χ4v) is 4.38. The molecule has 2 aromatic rings. The van der Waals surface area contributed by atoms with E-state index in [-0.39, 0.29) is 24.3 Å². The molecule has 0 atom stereocenters. The smallest absolute Gasteiger partial charge is 0.408 e. The molecular formula is C32H47FN2O5. The first kappa shape index (κ1) is 33.1. The first-order valence-corrected chi connectivity index (χ1v) is 14.0. The van der Waals surface area contributed by atoms with Crippen molar-refractivity contribution in [1.82, 2.24) is 10.2 Å². The first-order chi connectivity index (χ1) is 18.7. The van der Waals surface area contributed by atoms with Gasteiger partial charge >= 0.3 is 6.09 Å². The predicted molar refractivity (Wildman–Crippen MR) is 157 cm³/mol. The summed E-state index contributed by atoms with van der Waals surface area (Å²) in [4.78, 5) is 28.4. The van der Waals surface area contributed by atoms with Gasteiger partial charge in [0.15, 0.2) is 0 Å². The molecular weight excluding hydrogens is 511 g/mol. The summed E-state index contributed by atoms with van der Waals surface area (Å²) < 4.78 is 31.6. The van der Waals surface area contributed by atoms with Gasteiger partial charge < -0.3 is 24.4 Å². The van der Waals surface area contributed by atoms with E-state index in [4.69, 9.17) is 14.2 Å². The highest BCUT2D eigenvalue weighted by atomic mass is 19.1. The molecule has 1 N–H and O–H groups in total. The van der Waals surface area contributed by atoms with Crippen molar-refractivity contribution in [2.24, 2.45) is 0 Å². The maximum absolute atomic E-state index is 14.9. The summed E-state index contributed by atoms with van der Waals surface area (Å²) in [7, 11) is 1.63.